The van der Waals surface area contributed by atoms with Gasteiger partial charge in [-0.3, -0.25) is 4.79 Å². The lowest BCUT2D eigenvalue weighted by Crippen LogP contribution is -2.09. The first-order valence-electron chi connectivity index (χ1n) is 7.76. The molecule has 0 aliphatic heterocycles. The summed E-state index contributed by atoms with van der Waals surface area (Å²) in [5.41, 5.74) is 0.850. The fourth-order valence-corrected chi connectivity index (χ4v) is 3.22. The molecule has 25 heavy (non-hydrogen) atoms. The summed E-state index contributed by atoms with van der Waals surface area (Å²) in [6, 6.07) is 12.7. The Morgan fingerprint density at radius 3 is 2.68 bits per heavy atom. The monoisotopic (exact) mass is 377 g/mol. The second kappa shape index (κ2) is 8.18. The van der Waals surface area contributed by atoms with E-state index in [0.29, 0.717) is 28.3 Å². The van der Waals surface area contributed by atoms with Crippen molar-refractivity contribution in [2.24, 2.45) is 0 Å². The van der Waals surface area contributed by atoms with Crippen LogP contribution in [0.5, 0.6) is 16.7 Å². The molecule has 0 saturated heterocycles. The molecule has 0 radical (unpaired) electrons. The van der Waals surface area contributed by atoms with Gasteiger partial charge < -0.3 is 14.2 Å². The predicted molar refractivity (Wildman–Crippen MR) is 97.9 cm³/mol. The molecule has 2 aromatic carbocycles. The molecule has 1 aromatic heterocycles. The van der Waals surface area contributed by atoms with E-state index in [1.54, 1.807) is 37.3 Å². The van der Waals surface area contributed by atoms with E-state index in [2.05, 4.69) is 4.98 Å². The minimum atomic E-state index is -0.265. The Hall–Kier alpha value is -2.31. The highest BCUT2D eigenvalue weighted by atomic mass is 35.5. The maximum atomic E-state index is 11.2. The third-order valence-corrected chi connectivity index (χ3v) is 4.37. The van der Waals surface area contributed by atoms with Crippen LogP contribution in [0.1, 0.15) is 13.3 Å². The molecular weight excluding hydrogens is 362 g/mol. The molecule has 1 heterocycles. The molecule has 0 N–H and O–H groups in total. The molecule has 0 amide bonds. The van der Waals surface area contributed by atoms with Gasteiger partial charge in [-0.05, 0) is 49.4 Å². The number of halogens is 1. The Balaban J connectivity index is 1.57. The number of carbonyl (C=O) groups is 1. The second-order valence-corrected chi connectivity index (χ2v) is 6.50. The Bertz CT molecular complexity index is 863. The summed E-state index contributed by atoms with van der Waals surface area (Å²) in [5.74, 6) is 1.05. The average Bonchev–Trinajstić information content (AvgIpc) is 2.98. The van der Waals surface area contributed by atoms with Gasteiger partial charge in [0.05, 0.1) is 29.9 Å². The molecule has 0 aliphatic carbocycles. The zero-order chi connectivity index (χ0) is 17.6. The number of fused-ring (bicyclic) bond motifs is 1. The standard InChI is InChI=1S/C18H16ClNO4S/c1-2-22-17(21)9-10-23-13-4-6-14(7-5-13)24-18-20-15-8-3-12(19)11-16(15)25-18/h3-8,11H,2,9-10H2,1H3. The summed E-state index contributed by atoms with van der Waals surface area (Å²) in [6.45, 7) is 2.43. The minimum Gasteiger partial charge on any atom is -0.493 e. The van der Waals surface area contributed by atoms with Crippen LogP contribution in [0, 0.1) is 0 Å². The SMILES string of the molecule is CCOC(=O)CCOc1ccc(Oc2nc3ccc(Cl)cc3s2)cc1. The molecule has 3 rings (SSSR count). The highest BCUT2D eigenvalue weighted by Crippen LogP contribution is 2.33. The van der Waals surface area contributed by atoms with Crippen LogP contribution >= 0.6 is 22.9 Å². The average molecular weight is 378 g/mol. The number of hydrogen-bond acceptors (Lipinski definition) is 6. The summed E-state index contributed by atoms with van der Waals surface area (Å²) in [4.78, 5) is 15.7. The molecule has 7 heteroatoms. The number of rotatable bonds is 7. The number of thiazole rings is 1. The van der Waals surface area contributed by atoms with E-state index in [-0.39, 0.29) is 19.0 Å². The third-order valence-electron chi connectivity index (χ3n) is 3.24. The predicted octanol–water partition coefficient (Wildman–Crippen LogP) is 5.07. The number of aromatic nitrogens is 1. The molecular formula is C18H16ClNO4S. The Morgan fingerprint density at radius 2 is 1.92 bits per heavy atom. The third kappa shape index (κ3) is 4.84. The number of nitrogens with zero attached hydrogens (tertiary/aromatic N) is 1. The molecule has 0 fully saturated rings. The molecule has 0 atom stereocenters. The lowest BCUT2D eigenvalue weighted by atomic mass is 10.3. The van der Waals surface area contributed by atoms with Crippen LogP contribution in [-0.2, 0) is 9.53 Å². The first kappa shape index (κ1) is 17.5. The maximum absolute atomic E-state index is 11.2. The lowest BCUT2D eigenvalue weighted by Gasteiger charge is -2.07. The fraction of sp³-hybridized carbons (Fsp3) is 0.222. The molecule has 0 spiro atoms. The summed E-state index contributed by atoms with van der Waals surface area (Å²) in [5, 5.41) is 1.22. The van der Waals surface area contributed by atoms with Gasteiger partial charge in [-0.1, -0.05) is 22.9 Å². The van der Waals surface area contributed by atoms with Crippen molar-refractivity contribution in [3.63, 3.8) is 0 Å². The molecule has 3 aromatic rings. The summed E-state index contributed by atoms with van der Waals surface area (Å²) >= 11 is 7.41. The van der Waals surface area contributed by atoms with Crippen LogP contribution in [0.2, 0.25) is 5.02 Å². The van der Waals surface area contributed by atoms with Gasteiger partial charge in [0.15, 0.2) is 0 Å². The van der Waals surface area contributed by atoms with Crippen LogP contribution in [-0.4, -0.2) is 24.2 Å². The lowest BCUT2D eigenvalue weighted by molar-refractivity contribution is -0.143. The summed E-state index contributed by atoms with van der Waals surface area (Å²) in [7, 11) is 0. The van der Waals surface area contributed by atoms with Crippen LogP contribution in [0.3, 0.4) is 0 Å². The van der Waals surface area contributed by atoms with E-state index in [4.69, 9.17) is 25.8 Å². The van der Waals surface area contributed by atoms with Crippen molar-refractivity contribution in [3.8, 4) is 16.7 Å². The first-order chi connectivity index (χ1) is 12.1. The van der Waals surface area contributed by atoms with Gasteiger partial charge in [-0.2, -0.15) is 0 Å². The number of esters is 1. The van der Waals surface area contributed by atoms with Crippen molar-refractivity contribution >= 4 is 39.1 Å². The van der Waals surface area contributed by atoms with Crippen molar-refractivity contribution in [1.29, 1.82) is 0 Å². The molecule has 0 unspecified atom stereocenters. The number of hydrogen-bond donors (Lipinski definition) is 0. The van der Waals surface area contributed by atoms with Gasteiger partial charge in [0.25, 0.3) is 5.19 Å². The molecule has 5 nitrogen and oxygen atoms in total. The fourth-order valence-electron chi connectivity index (χ4n) is 2.11. The van der Waals surface area contributed by atoms with E-state index in [1.165, 1.54) is 11.3 Å². The van der Waals surface area contributed by atoms with Crippen molar-refractivity contribution in [1.82, 2.24) is 4.98 Å². The molecule has 0 saturated carbocycles. The highest BCUT2D eigenvalue weighted by molar-refractivity contribution is 7.20. The van der Waals surface area contributed by atoms with Crippen molar-refractivity contribution in [2.45, 2.75) is 13.3 Å². The second-order valence-electron chi connectivity index (χ2n) is 5.07. The smallest absolute Gasteiger partial charge is 0.309 e. The van der Waals surface area contributed by atoms with Crippen molar-refractivity contribution in [3.05, 3.63) is 47.5 Å². The van der Waals surface area contributed by atoms with E-state index < -0.39 is 0 Å². The van der Waals surface area contributed by atoms with Gasteiger partial charge in [-0.15, -0.1) is 0 Å². The van der Waals surface area contributed by atoms with E-state index in [1.807, 2.05) is 12.1 Å². The quantitative estimate of drug-likeness (QED) is 0.538. The van der Waals surface area contributed by atoms with Crippen molar-refractivity contribution in [2.75, 3.05) is 13.2 Å². The van der Waals surface area contributed by atoms with E-state index in [9.17, 15) is 4.79 Å². The van der Waals surface area contributed by atoms with Crippen LogP contribution in [0.4, 0.5) is 0 Å². The first-order valence-corrected chi connectivity index (χ1v) is 8.96. The number of benzene rings is 2. The van der Waals surface area contributed by atoms with E-state index in [0.717, 1.165) is 10.2 Å². The zero-order valence-electron chi connectivity index (χ0n) is 13.5. The highest BCUT2D eigenvalue weighted by Gasteiger charge is 2.07. The van der Waals surface area contributed by atoms with Gasteiger partial charge >= 0.3 is 5.97 Å². The summed E-state index contributed by atoms with van der Waals surface area (Å²) < 4.78 is 17.1. The molecule has 0 bridgehead atoms. The largest absolute Gasteiger partial charge is 0.493 e. The van der Waals surface area contributed by atoms with Gasteiger partial charge in [0.2, 0.25) is 0 Å². The van der Waals surface area contributed by atoms with Crippen LogP contribution in [0.25, 0.3) is 10.2 Å². The Kier molecular flexibility index (Phi) is 5.73. The van der Waals surface area contributed by atoms with Gasteiger partial charge in [0.1, 0.15) is 11.5 Å². The summed E-state index contributed by atoms with van der Waals surface area (Å²) in [6.07, 6.45) is 0.223. The molecule has 130 valence electrons. The Labute approximate surface area is 154 Å². The topological polar surface area (TPSA) is 57.7 Å². The zero-order valence-corrected chi connectivity index (χ0v) is 15.1. The van der Waals surface area contributed by atoms with Gasteiger partial charge in [0, 0.05) is 5.02 Å². The maximum Gasteiger partial charge on any atom is 0.309 e. The number of ether oxygens (including phenoxy) is 3. The van der Waals surface area contributed by atoms with Crippen LogP contribution < -0.4 is 9.47 Å². The van der Waals surface area contributed by atoms with E-state index >= 15 is 0 Å². The van der Waals surface area contributed by atoms with Crippen molar-refractivity contribution < 1.29 is 19.0 Å². The normalized spacial score (nSPS) is 10.6. The molecule has 0 aliphatic rings. The van der Waals surface area contributed by atoms with Gasteiger partial charge in [-0.25, -0.2) is 4.98 Å². The van der Waals surface area contributed by atoms with Crippen LogP contribution in [0.15, 0.2) is 42.5 Å². The Morgan fingerprint density at radius 1 is 1.16 bits per heavy atom. The minimum absolute atomic E-state index is 0.223. The number of carbonyl (C=O) groups excluding carboxylic acids is 1.